The van der Waals surface area contributed by atoms with E-state index in [2.05, 4.69) is 115 Å². The van der Waals surface area contributed by atoms with E-state index in [1.54, 1.807) is 0 Å². The molecular weight excluding hydrogens is 535 g/mol. The number of hydrazine groups is 1. The fraction of sp³-hybridized carbons (Fsp3) is 0.310. The molecule has 3 aromatic carbocycles. The summed E-state index contributed by atoms with van der Waals surface area (Å²) in [6.07, 6.45) is 2.34. The molecule has 1 heterocycles. The maximum absolute atomic E-state index is 10.7. The van der Waals surface area contributed by atoms with Crippen molar-refractivity contribution < 1.29 is 30.2 Å². The van der Waals surface area contributed by atoms with Crippen molar-refractivity contribution >= 4 is 24.9 Å². The van der Waals surface area contributed by atoms with Crippen LogP contribution in [-0.4, -0.2) is 0 Å². The van der Waals surface area contributed by atoms with E-state index in [4.69, 9.17) is 0 Å². The number of rotatable bonds is 3. The summed E-state index contributed by atoms with van der Waals surface area (Å²) in [7, 11) is -10.7. The molecular formula is C29H36F6N3P. The Morgan fingerprint density at radius 1 is 0.564 bits per heavy atom. The summed E-state index contributed by atoms with van der Waals surface area (Å²) in [5, 5.41) is 3.47. The standard InChI is InChI=1S/C29H35N3.F6P/c1-17-10-20(4)27(21(5)11-17)26-16-31(28-22(6)12-18(2)13-23(28)7)30-32(26)29-24(8)14-19(3)15-25(29)9;1-7(2,3,4,5)6/h10-16,30H,1-9H3;/q;-1/p+1. The fourth-order valence-electron chi connectivity index (χ4n) is 5.62. The SMILES string of the molecule is Cc1cc(C)c(C2=C[NH+](c3c(C)cc(C)cc3C)NN2c2c(C)cc(C)cc2C)c(C)c1.F[P-](F)(F)(F)(F)F. The first-order valence-corrected chi connectivity index (χ1v) is 14.5. The molecule has 10 heteroatoms. The van der Waals surface area contributed by atoms with Crippen LogP contribution in [0.4, 0.5) is 36.6 Å². The molecule has 0 saturated heterocycles. The van der Waals surface area contributed by atoms with Crippen molar-refractivity contribution in [3.05, 3.63) is 98.2 Å². The molecule has 3 nitrogen and oxygen atoms in total. The Hall–Kier alpha value is -2.87. The van der Waals surface area contributed by atoms with Crippen LogP contribution in [0.25, 0.3) is 5.70 Å². The van der Waals surface area contributed by atoms with Crippen LogP contribution in [0, 0.1) is 62.3 Å². The minimum atomic E-state index is -10.7. The summed E-state index contributed by atoms with van der Waals surface area (Å²) in [6.45, 7) is 19.8. The third kappa shape index (κ3) is 8.07. The number of quaternary nitrogens is 1. The summed E-state index contributed by atoms with van der Waals surface area (Å²) in [5.74, 6) is 0. The Morgan fingerprint density at radius 3 is 1.28 bits per heavy atom. The molecule has 0 saturated carbocycles. The summed E-state index contributed by atoms with van der Waals surface area (Å²) in [6, 6.07) is 13.7. The van der Waals surface area contributed by atoms with Gasteiger partial charge in [0.2, 0.25) is 0 Å². The van der Waals surface area contributed by atoms with Gasteiger partial charge >= 0.3 is 33.0 Å². The Balaban J connectivity index is 0.000000532. The first-order chi connectivity index (χ1) is 17.5. The van der Waals surface area contributed by atoms with Gasteiger partial charge in [-0.3, -0.25) is 0 Å². The second kappa shape index (κ2) is 9.65. The molecule has 4 rings (SSSR count). The zero-order valence-corrected chi connectivity index (χ0v) is 24.6. The first-order valence-electron chi connectivity index (χ1n) is 12.5. The van der Waals surface area contributed by atoms with Crippen molar-refractivity contribution in [3.63, 3.8) is 0 Å². The summed E-state index contributed by atoms with van der Waals surface area (Å²) in [4.78, 5) is 0. The van der Waals surface area contributed by atoms with Gasteiger partial charge in [0.05, 0.1) is 5.69 Å². The van der Waals surface area contributed by atoms with Gasteiger partial charge in [-0.25, -0.2) is 5.01 Å². The maximum atomic E-state index is 9.87. The van der Waals surface area contributed by atoms with Gasteiger partial charge in [0, 0.05) is 16.7 Å². The monoisotopic (exact) mass is 571 g/mol. The molecule has 39 heavy (non-hydrogen) atoms. The zero-order chi connectivity index (χ0) is 29.7. The van der Waals surface area contributed by atoms with Crippen molar-refractivity contribution in [2.45, 2.75) is 62.3 Å². The predicted molar refractivity (Wildman–Crippen MR) is 150 cm³/mol. The van der Waals surface area contributed by atoms with E-state index in [0.29, 0.717) is 0 Å². The average Bonchev–Trinajstić information content (AvgIpc) is 3.06. The molecule has 0 aromatic heterocycles. The topological polar surface area (TPSA) is 19.7 Å². The minimum absolute atomic E-state index is 1.16. The van der Waals surface area contributed by atoms with E-state index < -0.39 is 7.81 Å². The summed E-state index contributed by atoms with van der Waals surface area (Å²) in [5.41, 5.74) is 20.5. The summed E-state index contributed by atoms with van der Waals surface area (Å²) >= 11 is 0. The van der Waals surface area contributed by atoms with Gasteiger partial charge < -0.3 is 0 Å². The molecule has 214 valence electrons. The molecule has 0 fully saturated rings. The molecule has 0 spiro atoms. The molecule has 3 aromatic rings. The van der Waals surface area contributed by atoms with E-state index in [9.17, 15) is 25.2 Å². The van der Waals surface area contributed by atoms with Crippen LogP contribution < -0.4 is 15.6 Å². The molecule has 2 N–H and O–H groups in total. The van der Waals surface area contributed by atoms with Crippen LogP contribution in [0.2, 0.25) is 0 Å². The number of hydrogen-bond donors (Lipinski definition) is 2. The molecule has 0 bridgehead atoms. The molecule has 1 unspecified atom stereocenters. The van der Waals surface area contributed by atoms with Crippen molar-refractivity contribution in [1.82, 2.24) is 5.53 Å². The number of benzene rings is 3. The zero-order valence-electron chi connectivity index (χ0n) is 23.7. The van der Waals surface area contributed by atoms with Crippen molar-refractivity contribution in [1.29, 1.82) is 0 Å². The second-order valence-electron chi connectivity index (χ2n) is 10.6. The van der Waals surface area contributed by atoms with E-state index in [1.807, 2.05) is 0 Å². The fourth-order valence-corrected chi connectivity index (χ4v) is 5.62. The quantitative estimate of drug-likeness (QED) is 0.241. The van der Waals surface area contributed by atoms with Gasteiger partial charge in [-0.2, -0.15) is 5.01 Å². The Bertz CT molecular complexity index is 1400. The van der Waals surface area contributed by atoms with Gasteiger partial charge in [-0.15, -0.1) is 0 Å². The normalized spacial score (nSPS) is 17.3. The van der Waals surface area contributed by atoms with Gasteiger partial charge in [0.1, 0.15) is 11.9 Å². The second-order valence-corrected chi connectivity index (χ2v) is 12.6. The van der Waals surface area contributed by atoms with Crippen LogP contribution in [-0.2, 0) is 0 Å². The Kier molecular flexibility index (Phi) is 7.59. The number of halogens is 6. The molecule has 1 aliphatic rings. The third-order valence-electron chi connectivity index (χ3n) is 6.49. The van der Waals surface area contributed by atoms with Crippen LogP contribution in [0.5, 0.6) is 0 Å². The molecule has 0 radical (unpaired) electrons. The van der Waals surface area contributed by atoms with E-state index in [0.717, 1.165) is 5.01 Å². The number of nitrogens with one attached hydrogen (secondary N) is 2. The van der Waals surface area contributed by atoms with Gasteiger partial charge in [0.15, 0.2) is 5.69 Å². The molecule has 0 aliphatic carbocycles. The molecule has 0 amide bonds. The summed E-state index contributed by atoms with van der Waals surface area (Å²) < 4.78 is 59.2. The molecule has 1 atom stereocenters. The van der Waals surface area contributed by atoms with Crippen molar-refractivity contribution in [2.24, 2.45) is 0 Å². The average molecular weight is 572 g/mol. The van der Waals surface area contributed by atoms with Crippen LogP contribution in [0.15, 0.2) is 42.6 Å². The van der Waals surface area contributed by atoms with Gasteiger partial charge in [0.25, 0.3) is 0 Å². The third-order valence-corrected chi connectivity index (χ3v) is 6.49. The number of hydrogen-bond acceptors (Lipinski definition) is 2. The van der Waals surface area contributed by atoms with E-state index >= 15 is 0 Å². The van der Waals surface area contributed by atoms with Crippen molar-refractivity contribution in [2.75, 3.05) is 5.01 Å². The number of nitrogens with zero attached hydrogens (tertiary/aromatic N) is 1. The molecule has 1 aliphatic heterocycles. The van der Waals surface area contributed by atoms with Gasteiger partial charge in [-0.1, -0.05) is 58.6 Å². The van der Waals surface area contributed by atoms with Crippen LogP contribution >= 0.6 is 7.81 Å². The van der Waals surface area contributed by atoms with Crippen LogP contribution in [0.1, 0.15) is 55.6 Å². The van der Waals surface area contributed by atoms with Gasteiger partial charge in [-0.05, 0) is 84.6 Å². The Labute approximate surface area is 226 Å². The van der Waals surface area contributed by atoms with E-state index in [-0.39, 0.29) is 0 Å². The van der Waals surface area contributed by atoms with E-state index in [1.165, 1.54) is 72.7 Å². The van der Waals surface area contributed by atoms with Crippen molar-refractivity contribution in [3.8, 4) is 0 Å². The van der Waals surface area contributed by atoms with Crippen LogP contribution in [0.3, 0.4) is 0 Å². The number of anilines is 1. The number of aryl methyl sites for hydroxylation is 9. The Morgan fingerprint density at radius 2 is 0.897 bits per heavy atom. The predicted octanol–water partition coefficient (Wildman–Crippen LogP) is 9.30. The first kappa shape index (κ1) is 30.7.